The lowest BCUT2D eigenvalue weighted by molar-refractivity contribution is 0.0746. The van der Waals surface area contributed by atoms with Crippen LogP contribution in [0.2, 0.25) is 0 Å². The highest BCUT2D eigenvalue weighted by Crippen LogP contribution is 2.30. The van der Waals surface area contributed by atoms with Crippen LogP contribution in [0, 0.1) is 0 Å². The zero-order valence-electron chi connectivity index (χ0n) is 13.3. The molecular weight excluding hydrogens is 284 g/mol. The van der Waals surface area contributed by atoms with E-state index in [2.05, 4.69) is 16.8 Å². The van der Waals surface area contributed by atoms with Crippen molar-refractivity contribution < 1.29 is 4.79 Å². The molecule has 1 unspecified atom stereocenters. The van der Waals surface area contributed by atoms with Gasteiger partial charge in [0, 0.05) is 26.2 Å². The van der Waals surface area contributed by atoms with Crippen LogP contribution in [0.25, 0.3) is 0 Å². The molecule has 118 valence electrons. The van der Waals surface area contributed by atoms with E-state index in [9.17, 15) is 4.79 Å². The summed E-state index contributed by atoms with van der Waals surface area (Å²) in [6, 6.07) is 0.209. The normalized spacial score (nSPS) is 17.4. The third-order valence-corrected chi connectivity index (χ3v) is 5.41. The summed E-state index contributed by atoms with van der Waals surface area (Å²) in [5.74, 6) is 0.361. The van der Waals surface area contributed by atoms with E-state index in [-0.39, 0.29) is 11.9 Å². The summed E-state index contributed by atoms with van der Waals surface area (Å²) < 4.78 is 0. The summed E-state index contributed by atoms with van der Waals surface area (Å²) in [5, 5.41) is 0.898. The average Bonchev–Trinajstić information content (AvgIpc) is 2.70. The molecule has 2 heterocycles. The van der Waals surface area contributed by atoms with E-state index >= 15 is 0 Å². The van der Waals surface area contributed by atoms with E-state index in [0.717, 1.165) is 24.6 Å². The molecule has 1 aromatic rings. The molecule has 2 N–H and O–H groups in total. The number of aromatic nitrogens is 1. The minimum atomic E-state index is -0.0135. The van der Waals surface area contributed by atoms with Crippen LogP contribution in [0.15, 0.2) is 0 Å². The Morgan fingerprint density at radius 2 is 2.00 bits per heavy atom. The molecule has 5 nitrogen and oxygen atoms in total. The van der Waals surface area contributed by atoms with Gasteiger partial charge in [-0.25, -0.2) is 4.98 Å². The quantitative estimate of drug-likeness (QED) is 0.928. The fourth-order valence-electron chi connectivity index (χ4n) is 2.50. The van der Waals surface area contributed by atoms with Gasteiger partial charge in [0.25, 0.3) is 5.91 Å². The van der Waals surface area contributed by atoms with Gasteiger partial charge in [-0.3, -0.25) is 4.79 Å². The Morgan fingerprint density at radius 1 is 1.38 bits per heavy atom. The topological polar surface area (TPSA) is 62.5 Å². The van der Waals surface area contributed by atoms with Crippen LogP contribution in [-0.4, -0.2) is 42.0 Å². The van der Waals surface area contributed by atoms with Gasteiger partial charge in [-0.1, -0.05) is 31.1 Å². The number of nitrogen functional groups attached to an aromatic ring is 1. The van der Waals surface area contributed by atoms with Crippen LogP contribution >= 0.6 is 11.3 Å². The maximum absolute atomic E-state index is 12.5. The molecule has 1 fully saturated rings. The lowest BCUT2D eigenvalue weighted by Gasteiger charge is -2.23. The average molecular weight is 310 g/mol. The molecule has 0 saturated carbocycles. The number of thiazole rings is 1. The minimum absolute atomic E-state index is 0.0135. The van der Waals surface area contributed by atoms with Crippen molar-refractivity contribution in [2.45, 2.75) is 52.0 Å². The molecule has 1 aliphatic rings. The van der Waals surface area contributed by atoms with Gasteiger partial charge in [0.2, 0.25) is 0 Å². The Bertz CT molecular complexity index is 480. The maximum atomic E-state index is 12.5. The van der Waals surface area contributed by atoms with Gasteiger partial charge in [0.15, 0.2) is 5.13 Å². The first-order valence-corrected chi connectivity index (χ1v) is 8.64. The summed E-state index contributed by atoms with van der Waals surface area (Å²) in [5.41, 5.74) is 5.99. The summed E-state index contributed by atoms with van der Waals surface area (Å²) in [7, 11) is 1.83. The smallest absolute Gasteiger partial charge is 0.267 e. The minimum Gasteiger partial charge on any atom is -0.382 e. The monoisotopic (exact) mass is 310 g/mol. The second-order valence-electron chi connectivity index (χ2n) is 5.79. The van der Waals surface area contributed by atoms with Crippen LogP contribution in [-0.2, 0) is 0 Å². The SMILES string of the molecule is CCC(C)N(C)C(=O)c1sc(N2CCCCCC2)nc1N. The predicted molar refractivity (Wildman–Crippen MR) is 89.1 cm³/mol. The number of hydrogen-bond donors (Lipinski definition) is 1. The van der Waals surface area contributed by atoms with E-state index in [1.807, 2.05) is 14.0 Å². The number of carbonyl (C=O) groups is 1. The number of nitrogens with two attached hydrogens (primary N) is 1. The van der Waals surface area contributed by atoms with Gasteiger partial charge in [-0.2, -0.15) is 0 Å². The van der Waals surface area contributed by atoms with Crippen LogP contribution in [0.5, 0.6) is 0 Å². The zero-order valence-corrected chi connectivity index (χ0v) is 14.1. The number of amides is 1. The highest BCUT2D eigenvalue weighted by atomic mass is 32.1. The molecule has 1 amide bonds. The second-order valence-corrected chi connectivity index (χ2v) is 6.76. The highest BCUT2D eigenvalue weighted by Gasteiger charge is 2.24. The summed E-state index contributed by atoms with van der Waals surface area (Å²) >= 11 is 1.44. The number of nitrogens with zero attached hydrogens (tertiary/aromatic N) is 3. The summed E-state index contributed by atoms with van der Waals surface area (Å²) in [6.45, 7) is 6.15. The van der Waals surface area contributed by atoms with Crippen LogP contribution in [0.3, 0.4) is 0 Å². The van der Waals surface area contributed by atoms with E-state index in [1.165, 1.54) is 37.0 Å². The molecule has 0 bridgehead atoms. The van der Waals surface area contributed by atoms with E-state index < -0.39 is 0 Å². The zero-order chi connectivity index (χ0) is 15.4. The van der Waals surface area contributed by atoms with E-state index in [4.69, 9.17) is 5.73 Å². The number of carbonyl (C=O) groups excluding carboxylic acids is 1. The van der Waals surface area contributed by atoms with Crippen molar-refractivity contribution in [2.75, 3.05) is 30.8 Å². The van der Waals surface area contributed by atoms with Crippen molar-refractivity contribution in [3.8, 4) is 0 Å². The van der Waals surface area contributed by atoms with Gasteiger partial charge < -0.3 is 15.5 Å². The molecule has 1 saturated heterocycles. The Balaban J connectivity index is 2.16. The first kappa shape index (κ1) is 16.1. The van der Waals surface area contributed by atoms with Crippen molar-refractivity contribution in [1.82, 2.24) is 9.88 Å². The molecule has 1 atom stereocenters. The lowest BCUT2D eigenvalue weighted by atomic mass is 10.2. The van der Waals surface area contributed by atoms with Gasteiger partial charge in [0.05, 0.1) is 0 Å². The van der Waals surface area contributed by atoms with Crippen molar-refractivity contribution >= 4 is 28.2 Å². The fraction of sp³-hybridized carbons (Fsp3) is 0.733. The molecule has 0 aliphatic carbocycles. The van der Waals surface area contributed by atoms with E-state index in [1.54, 1.807) is 4.90 Å². The van der Waals surface area contributed by atoms with Gasteiger partial charge in [0.1, 0.15) is 10.7 Å². The fourth-order valence-corrected chi connectivity index (χ4v) is 3.52. The van der Waals surface area contributed by atoms with Crippen molar-refractivity contribution in [2.24, 2.45) is 0 Å². The standard InChI is InChI=1S/C15H26N4OS/c1-4-11(2)18(3)14(20)12-13(16)17-15(21-12)19-9-7-5-6-8-10-19/h11H,4-10,16H2,1-3H3. The van der Waals surface area contributed by atoms with Crippen LogP contribution < -0.4 is 10.6 Å². The van der Waals surface area contributed by atoms with Gasteiger partial charge in [-0.05, 0) is 26.2 Å². The Morgan fingerprint density at radius 3 is 2.57 bits per heavy atom. The second kappa shape index (κ2) is 7.11. The van der Waals surface area contributed by atoms with Crippen molar-refractivity contribution in [3.05, 3.63) is 4.88 Å². The van der Waals surface area contributed by atoms with Gasteiger partial charge in [-0.15, -0.1) is 0 Å². The molecule has 0 spiro atoms. The molecule has 1 aromatic heterocycles. The largest absolute Gasteiger partial charge is 0.382 e. The predicted octanol–water partition coefficient (Wildman–Crippen LogP) is 2.98. The first-order chi connectivity index (χ1) is 10.0. The first-order valence-electron chi connectivity index (χ1n) is 7.83. The molecule has 21 heavy (non-hydrogen) atoms. The maximum Gasteiger partial charge on any atom is 0.267 e. The highest BCUT2D eigenvalue weighted by molar-refractivity contribution is 7.18. The Labute approximate surface area is 131 Å². The van der Waals surface area contributed by atoms with E-state index in [0.29, 0.717) is 10.7 Å². The molecule has 0 aromatic carbocycles. The molecule has 6 heteroatoms. The Kier molecular flexibility index (Phi) is 5.45. The molecule has 1 aliphatic heterocycles. The van der Waals surface area contributed by atoms with Crippen LogP contribution in [0.1, 0.15) is 55.6 Å². The van der Waals surface area contributed by atoms with Gasteiger partial charge >= 0.3 is 0 Å². The third kappa shape index (κ3) is 3.67. The van der Waals surface area contributed by atoms with Crippen LogP contribution in [0.4, 0.5) is 10.9 Å². The molecule has 0 radical (unpaired) electrons. The number of anilines is 2. The third-order valence-electron chi connectivity index (χ3n) is 4.29. The Hall–Kier alpha value is -1.30. The molecular formula is C15H26N4OS. The summed E-state index contributed by atoms with van der Waals surface area (Å²) in [6.07, 6.45) is 5.87. The van der Waals surface area contributed by atoms with Crippen molar-refractivity contribution in [1.29, 1.82) is 0 Å². The summed E-state index contributed by atoms with van der Waals surface area (Å²) in [4.78, 5) is 21.6. The molecule has 2 rings (SSSR count). The number of hydrogen-bond acceptors (Lipinski definition) is 5. The number of rotatable bonds is 4. The van der Waals surface area contributed by atoms with Crippen molar-refractivity contribution in [3.63, 3.8) is 0 Å². The lowest BCUT2D eigenvalue weighted by Crippen LogP contribution is -2.34.